The molecule has 1 N–H and O–H groups in total. The Morgan fingerprint density at radius 1 is 1.23 bits per heavy atom. The summed E-state index contributed by atoms with van der Waals surface area (Å²) in [4.78, 5) is 27.4. The van der Waals surface area contributed by atoms with Gasteiger partial charge in [0.1, 0.15) is 11.3 Å². The summed E-state index contributed by atoms with van der Waals surface area (Å²) in [6, 6.07) is 3.80. The molecule has 6 nitrogen and oxygen atoms in total. The van der Waals surface area contributed by atoms with Gasteiger partial charge < -0.3 is 19.2 Å². The van der Waals surface area contributed by atoms with Crippen molar-refractivity contribution in [3.63, 3.8) is 0 Å². The first-order valence-corrected chi connectivity index (χ1v) is 11.6. The van der Waals surface area contributed by atoms with Gasteiger partial charge in [-0.05, 0) is 75.6 Å². The lowest BCUT2D eigenvalue weighted by Gasteiger charge is -2.47. The third-order valence-electron chi connectivity index (χ3n) is 7.57. The van der Waals surface area contributed by atoms with Gasteiger partial charge in [0.25, 0.3) is 5.91 Å². The van der Waals surface area contributed by atoms with E-state index < -0.39 is 11.7 Å². The number of carbonyl (C=O) groups is 1. The summed E-state index contributed by atoms with van der Waals surface area (Å²) in [6.07, 6.45) is 6.48. The molecule has 1 amide bonds. The Morgan fingerprint density at radius 2 is 2.03 bits per heavy atom. The number of likely N-dealkylation sites (tertiary alicyclic amines) is 1. The standard InChI is InChI=1S/C25H31NO5/c1-15-12-20(22-18-7-5-8-19(18)24(28)31-21(22)13-15)30-16(2)23(27)26-11-10-25(29)9-4-3-6-17(25)14-26/h12-13,16-17,29H,3-11,14H2,1-2H3/t16-,17-,25-/m1/s1. The number of piperidine rings is 1. The summed E-state index contributed by atoms with van der Waals surface area (Å²) in [7, 11) is 0. The summed E-state index contributed by atoms with van der Waals surface area (Å²) in [5, 5.41) is 11.8. The van der Waals surface area contributed by atoms with Crippen molar-refractivity contribution in [3.05, 3.63) is 39.2 Å². The van der Waals surface area contributed by atoms with Crippen LogP contribution in [-0.4, -0.2) is 40.7 Å². The number of ether oxygens (including phenoxy) is 1. The fraction of sp³-hybridized carbons (Fsp3) is 0.600. The van der Waals surface area contributed by atoms with Gasteiger partial charge in [0.15, 0.2) is 6.10 Å². The highest BCUT2D eigenvalue weighted by molar-refractivity contribution is 5.89. The molecule has 0 spiro atoms. The Balaban J connectivity index is 1.40. The van der Waals surface area contributed by atoms with Crippen molar-refractivity contribution in [2.24, 2.45) is 5.92 Å². The fourth-order valence-electron chi connectivity index (χ4n) is 5.87. The van der Waals surface area contributed by atoms with Gasteiger partial charge in [-0.1, -0.05) is 12.8 Å². The lowest BCUT2D eigenvalue weighted by Crippen LogP contribution is -2.56. The third-order valence-corrected chi connectivity index (χ3v) is 7.57. The summed E-state index contributed by atoms with van der Waals surface area (Å²) in [5.74, 6) is 0.726. The number of hydrogen-bond donors (Lipinski definition) is 1. The van der Waals surface area contributed by atoms with Crippen molar-refractivity contribution in [2.45, 2.75) is 76.9 Å². The molecule has 3 atom stereocenters. The molecule has 0 radical (unpaired) electrons. The number of amides is 1. The minimum atomic E-state index is -0.649. The second-order valence-electron chi connectivity index (χ2n) is 9.68. The number of nitrogens with zero attached hydrogens (tertiary/aromatic N) is 1. The lowest BCUT2D eigenvalue weighted by atomic mass is 9.71. The Kier molecular flexibility index (Phi) is 5.08. The molecular formula is C25H31NO5. The number of aryl methyl sites for hydroxylation is 2. The first kappa shape index (κ1) is 20.6. The highest BCUT2D eigenvalue weighted by Crippen LogP contribution is 2.40. The maximum atomic E-state index is 13.2. The molecular weight excluding hydrogens is 394 g/mol. The van der Waals surface area contributed by atoms with E-state index in [9.17, 15) is 14.7 Å². The van der Waals surface area contributed by atoms with E-state index in [-0.39, 0.29) is 17.5 Å². The van der Waals surface area contributed by atoms with Crippen LogP contribution in [0.1, 0.15) is 62.1 Å². The lowest BCUT2D eigenvalue weighted by molar-refractivity contribution is -0.149. The van der Waals surface area contributed by atoms with Crippen LogP contribution in [0, 0.1) is 12.8 Å². The molecule has 1 aromatic heterocycles. The summed E-state index contributed by atoms with van der Waals surface area (Å²) in [6.45, 7) is 4.89. The molecule has 1 saturated carbocycles. The predicted octanol–water partition coefficient (Wildman–Crippen LogP) is 3.51. The van der Waals surface area contributed by atoms with Gasteiger partial charge in [-0.2, -0.15) is 0 Å². The molecule has 31 heavy (non-hydrogen) atoms. The molecule has 1 aromatic carbocycles. The maximum absolute atomic E-state index is 13.2. The Bertz CT molecular complexity index is 1090. The van der Waals surface area contributed by atoms with Crippen LogP contribution in [0.4, 0.5) is 0 Å². The van der Waals surface area contributed by atoms with Crippen molar-refractivity contribution in [2.75, 3.05) is 13.1 Å². The number of rotatable bonds is 3. The minimum absolute atomic E-state index is 0.0451. The first-order chi connectivity index (χ1) is 14.9. The number of benzene rings is 1. The zero-order valence-electron chi connectivity index (χ0n) is 18.4. The predicted molar refractivity (Wildman–Crippen MR) is 117 cm³/mol. The quantitative estimate of drug-likeness (QED) is 0.762. The van der Waals surface area contributed by atoms with Crippen molar-refractivity contribution in [1.29, 1.82) is 0 Å². The normalized spacial score (nSPS) is 26.4. The highest BCUT2D eigenvalue weighted by Gasteiger charge is 2.44. The summed E-state index contributed by atoms with van der Waals surface area (Å²) < 4.78 is 11.8. The van der Waals surface area contributed by atoms with E-state index in [1.807, 2.05) is 24.0 Å². The second kappa shape index (κ2) is 7.66. The minimum Gasteiger partial charge on any atom is -0.480 e. The van der Waals surface area contributed by atoms with Gasteiger partial charge in [-0.3, -0.25) is 4.79 Å². The molecule has 2 aliphatic carbocycles. The second-order valence-corrected chi connectivity index (χ2v) is 9.68. The van der Waals surface area contributed by atoms with Crippen molar-refractivity contribution < 1.29 is 19.1 Å². The van der Waals surface area contributed by atoms with E-state index in [0.29, 0.717) is 30.8 Å². The van der Waals surface area contributed by atoms with E-state index in [1.54, 1.807) is 6.92 Å². The van der Waals surface area contributed by atoms with E-state index in [1.165, 1.54) is 0 Å². The smallest absolute Gasteiger partial charge is 0.339 e. The van der Waals surface area contributed by atoms with Gasteiger partial charge in [-0.15, -0.1) is 0 Å². The number of carbonyl (C=O) groups excluding carboxylic acids is 1. The summed E-state index contributed by atoms with van der Waals surface area (Å²) >= 11 is 0. The van der Waals surface area contributed by atoms with Crippen LogP contribution in [-0.2, 0) is 17.6 Å². The van der Waals surface area contributed by atoms with Crippen LogP contribution in [0.5, 0.6) is 5.75 Å². The topological polar surface area (TPSA) is 80.0 Å². The molecule has 1 aliphatic heterocycles. The number of hydrogen-bond acceptors (Lipinski definition) is 5. The first-order valence-electron chi connectivity index (χ1n) is 11.6. The summed E-state index contributed by atoms with van der Waals surface area (Å²) in [5.41, 5.74) is 2.34. The van der Waals surface area contributed by atoms with Crippen LogP contribution in [0.15, 0.2) is 21.3 Å². The largest absolute Gasteiger partial charge is 0.480 e. The molecule has 6 heteroatoms. The van der Waals surface area contributed by atoms with E-state index >= 15 is 0 Å². The Morgan fingerprint density at radius 3 is 2.87 bits per heavy atom. The van der Waals surface area contributed by atoms with Gasteiger partial charge in [0.05, 0.1) is 11.0 Å². The van der Waals surface area contributed by atoms with Gasteiger partial charge in [0, 0.05) is 24.6 Å². The molecule has 2 fully saturated rings. The Labute approximate surface area is 182 Å². The molecule has 2 heterocycles. The monoisotopic (exact) mass is 425 g/mol. The molecule has 3 aliphatic rings. The van der Waals surface area contributed by atoms with Crippen LogP contribution in [0.25, 0.3) is 11.0 Å². The average molecular weight is 426 g/mol. The zero-order chi connectivity index (χ0) is 21.8. The van der Waals surface area contributed by atoms with Gasteiger partial charge in [-0.25, -0.2) is 4.79 Å². The van der Waals surface area contributed by atoms with Crippen LogP contribution in [0.2, 0.25) is 0 Å². The van der Waals surface area contributed by atoms with Gasteiger partial charge in [0.2, 0.25) is 0 Å². The molecule has 1 saturated heterocycles. The third kappa shape index (κ3) is 3.55. The van der Waals surface area contributed by atoms with Gasteiger partial charge >= 0.3 is 5.63 Å². The van der Waals surface area contributed by atoms with Crippen LogP contribution in [0.3, 0.4) is 0 Å². The molecule has 5 rings (SSSR count). The van der Waals surface area contributed by atoms with E-state index in [0.717, 1.165) is 67.0 Å². The zero-order valence-corrected chi connectivity index (χ0v) is 18.4. The number of aliphatic hydroxyl groups is 1. The van der Waals surface area contributed by atoms with E-state index in [4.69, 9.17) is 9.15 Å². The molecule has 2 aromatic rings. The molecule has 0 unspecified atom stereocenters. The van der Waals surface area contributed by atoms with Crippen LogP contribution < -0.4 is 10.4 Å². The Hall–Kier alpha value is -2.34. The number of fused-ring (bicyclic) bond motifs is 4. The molecule has 166 valence electrons. The molecule has 0 bridgehead atoms. The van der Waals surface area contributed by atoms with Crippen molar-refractivity contribution in [1.82, 2.24) is 4.90 Å². The fourth-order valence-corrected chi connectivity index (χ4v) is 5.87. The highest BCUT2D eigenvalue weighted by atomic mass is 16.5. The van der Waals surface area contributed by atoms with Crippen LogP contribution >= 0.6 is 0 Å². The van der Waals surface area contributed by atoms with Crippen molar-refractivity contribution in [3.8, 4) is 5.75 Å². The van der Waals surface area contributed by atoms with Crippen molar-refractivity contribution >= 4 is 16.9 Å². The average Bonchev–Trinajstić information content (AvgIpc) is 3.22. The van der Waals surface area contributed by atoms with E-state index in [2.05, 4.69) is 0 Å². The maximum Gasteiger partial charge on any atom is 0.339 e. The SMILES string of the molecule is Cc1cc(O[C@H](C)C(=O)N2CC[C@]3(O)CCCC[C@@H]3C2)c2c3c(c(=O)oc2c1)CCC3.